The summed E-state index contributed by atoms with van der Waals surface area (Å²) in [5.74, 6) is 0.747. The Bertz CT molecular complexity index is 1030. The van der Waals surface area contributed by atoms with Crippen molar-refractivity contribution in [3.63, 3.8) is 0 Å². The molecular formula is C21H20N4O. The molecule has 2 aliphatic rings. The molecule has 1 aliphatic heterocycles. The average molecular weight is 344 g/mol. The monoisotopic (exact) mass is 344 g/mol. The van der Waals surface area contributed by atoms with E-state index in [1.165, 1.54) is 23.1 Å². The van der Waals surface area contributed by atoms with E-state index in [1.54, 1.807) is 6.20 Å². The Morgan fingerprint density at radius 1 is 1.04 bits per heavy atom. The maximum absolute atomic E-state index is 12.0. The molecule has 0 radical (unpaired) electrons. The van der Waals surface area contributed by atoms with Crippen molar-refractivity contribution in [3.8, 4) is 22.8 Å². The molecule has 5 rings (SSSR count). The summed E-state index contributed by atoms with van der Waals surface area (Å²) in [5.41, 5.74) is 8.77. The first kappa shape index (κ1) is 15.3. The van der Waals surface area contributed by atoms with Gasteiger partial charge in [-0.05, 0) is 55.0 Å². The SMILES string of the molecule is Cc1ccc(-c2nccc(-c3cc4c([nH]3)CCNC4=O)n2)c2c1CCC2. The zero-order valence-corrected chi connectivity index (χ0v) is 14.7. The molecule has 1 aliphatic carbocycles. The molecule has 2 aromatic heterocycles. The molecule has 1 amide bonds. The molecule has 5 nitrogen and oxygen atoms in total. The lowest BCUT2D eigenvalue weighted by atomic mass is 9.98. The van der Waals surface area contributed by atoms with Crippen LogP contribution in [0, 0.1) is 6.92 Å². The van der Waals surface area contributed by atoms with Gasteiger partial charge in [-0.3, -0.25) is 4.79 Å². The number of fused-ring (bicyclic) bond motifs is 2. The fourth-order valence-corrected chi connectivity index (χ4v) is 4.17. The number of aromatic nitrogens is 3. The van der Waals surface area contributed by atoms with Crippen LogP contribution in [0.3, 0.4) is 0 Å². The number of carbonyl (C=O) groups excluding carboxylic acids is 1. The molecule has 0 saturated carbocycles. The number of aromatic amines is 1. The van der Waals surface area contributed by atoms with Gasteiger partial charge in [0.15, 0.2) is 5.82 Å². The first-order valence-electron chi connectivity index (χ1n) is 9.16. The van der Waals surface area contributed by atoms with Crippen molar-refractivity contribution in [2.75, 3.05) is 6.54 Å². The van der Waals surface area contributed by atoms with E-state index in [0.29, 0.717) is 6.54 Å². The van der Waals surface area contributed by atoms with E-state index in [1.807, 2.05) is 12.1 Å². The maximum Gasteiger partial charge on any atom is 0.253 e. The number of aryl methyl sites for hydroxylation is 1. The normalized spacial score (nSPS) is 15.5. The predicted molar refractivity (Wildman–Crippen MR) is 100 cm³/mol. The van der Waals surface area contributed by atoms with Crippen LogP contribution in [0.25, 0.3) is 22.8 Å². The highest BCUT2D eigenvalue weighted by Gasteiger charge is 2.22. The Morgan fingerprint density at radius 3 is 2.81 bits per heavy atom. The van der Waals surface area contributed by atoms with Crippen molar-refractivity contribution >= 4 is 5.91 Å². The lowest BCUT2D eigenvalue weighted by Gasteiger charge is -2.11. The summed E-state index contributed by atoms with van der Waals surface area (Å²) in [6.45, 7) is 2.86. The van der Waals surface area contributed by atoms with Crippen LogP contribution in [-0.2, 0) is 19.3 Å². The number of benzene rings is 1. The number of hydrogen-bond donors (Lipinski definition) is 2. The van der Waals surface area contributed by atoms with Gasteiger partial charge in [0.2, 0.25) is 0 Å². The average Bonchev–Trinajstić information content (AvgIpc) is 3.30. The number of H-pyrrole nitrogens is 1. The molecule has 3 aromatic rings. The third kappa shape index (κ3) is 2.35. The van der Waals surface area contributed by atoms with Crippen LogP contribution in [-0.4, -0.2) is 27.4 Å². The van der Waals surface area contributed by atoms with Crippen molar-refractivity contribution in [2.24, 2.45) is 0 Å². The molecule has 2 N–H and O–H groups in total. The third-order valence-corrected chi connectivity index (χ3v) is 5.50. The number of nitrogens with zero attached hydrogens (tertiary/aromatic N) is 2. The fourth-order valence-electron chi connectivity index (χ4n) is 4.17. The highest BCUT2D eigenvalue weighted by atomic mass is 16.1. The third-order valence-electron chi connectivity index (χ3n) is 5.50. The van der Waals surface area contributed by atoms with E-state index in [4.69, 9.17) is 4.98 Å². The largest absolute Gasteiger partial charge is 0.356 e. The molecule has 130 valence electrons. The van der Waals surface area contributed by atoms with Gasteiger partial charge in [-0.1, -0.05) is 12.1 Å². The molecule has 0 spiro atoms. The first-order chi connectivity index (χ1) is 12.7. The van der Waals surface area contributed by atoms with Crippen LogP contribution < -0.4 is 5.32 Å². The molecule has 0 atom stereocenters. The van der Waals surface area contributed by atoms with Crippen LogP contribution in [0.2, 0.25) is 0 Å². The van der Waals surface area contributed by atoms with E-state index in [-0.39, 0.29) is 5.91 Å². The van der Waals surface area contributed by atoms with Crippen molar-refractivity contribution < 1.29 is 4.79 Å². The summed E-state index contributed by atoms with van der Waals surface area (Å²) in [5, 5.41) is 2.88. The van der Waals surface area contributed by atoms with Crippen LogP contribution in [0.1, 0.15) is 39.2 Å². The molecule has 0 saturated heterocycles. The van der Waals surface area contributed by atoms with E-state index in [0.717, 1.165) is 53.3 Å². The summed E-state index contributed by atoms with van der Waals surface area (Å²) < 4.78 is 0. The second kappa shape index (κ2) is 5.80. The predicted octanol–water partition coefficient (Wildman–Crippen LogP) is 3.22. The molecule has 0 bridgehead atoms. The summed E-state index contributed by atoms with van der Waals surface area (Å²) in [4.78, 5) is 24.7. The standard InChI is InChI=1S/C21H20N4O/c1-12-5-6-15(14-4-2-3-13(12)14)20-22-9-8-18(25-20)19-11-16-17(24-19)7-10-23-21(16)26/h5-6,8-9,11,24H,2-4,7,10H2,1H3,(H,23,26). The van der Waals surface area contributed by atoms with Gasteiger partial charge < -0.3 is 10.3 Å². The minimum atomic E-state index is -0.0145. The quantitative estimate of drug-likeness (QED) is 0.750. The van der Waals surface area contributed by atoms with E-state index in [9.17, 15) is 4.79 Å². The van der Waals surface area contributed by atoms with Crippen LogP contribution >= 0.6 is 0 Å². The molecule has 3 heterocycles. The molecule has 0 fully saturated rings. The number of amides is 1. The van der Waals surface area contributed by atoms with E-state index < -0.39 is 0 Å². The Labute approximate surface area is 151 Å². The highest BCUT2D eigenvalue weighted by Crippen LogP contribution is 2.33. The van der Waals surface area contributed by atoms with Crippen LogP contribution in [0.4, 0.5) is 0 Å². The highest BCUT2D eigenvalue weighted by molar-refractivity contribution is 5.97. The lowest BCUT2D eigenvalue weighted by Crippen LogP contribution is -2.31. The summed E-state index contributed by atoms with van der Waals surface area (Å²) >= 11 is 0. The van der Waals surface area contributed by atoms with Gasteiger partial charge in [0.05, 0.1) is 17.0 Å². The molecule has 0 unspecified atom stereocenters. The van der Waals surface area contributed by atoms with Crippen molar-refractivity contribution in [1.29, 1.82) is 0 Å². The Balaban J connectivity index is 1.59. The summed E-state index contributed by atoms with van der Waals surface area (Å²) in [6, 6.07) is 8.11. The zero-order chi connectivity index (χ0) is 17.7. The topological polar surface area (TPSA) is 70.7 Å². The number of carbonyl (C=O) groups is 1. The molecule has 26 heavy (non-hydrogen) atoms. The fraction of sp³-hybridized carbons (Fsp3) is 0.286. The Morgan fingerprint density at radius 2 is 1.92 bits per heavy atom. The van der Waals surface area contributed by atoms with Crippen LogP contribution in [0.5, 0.6) is 0 Å². The van der Waals surface area contributed by atoms with Crippen molar-refractivity contribution in [3.05, 3.63) is 58.4 Å². The zero-order valence-electron chi connectivity index (χ0n) is 14.7. The smallest absolute Gasteiger partial charge is 0.253 e. The summed E-state index contributed by atoms with van der Waals surface area (Å²) in [7, 11) is 0. The van der Waals surface area contributed by atoms with Gasteiger partial charge in [-0.15, -0.1) is 0 Å². The maximum atomic E-state index is 12.0. The van der Waals surface area contributed by atoms with Gasteiger partial charge in [0.25, 0.3) is 5.91 Å². The minimum absolute atomic E-state index is 0.0145. The Hall–Kier alpha value is -2.95. The Kier molecular flexibility index (Phi) is 3.42. The van der Waals surface area contributed by atoms with Gasteiger partial charge in [-0.25, -0.2) is 9.97 Å². The molecule has 1 aromatic carbocycles. The minimum Gasteiger partial charge on any atom is -0.356 e. The lowest BCUT2D eigenvalue weighted by molar-refractivity contribution is 0.0946. The van der Waals surface area contributed by atoms with Gasteiger partial charge in [0.1, 0.15) is 0 Å². The second-order valence-corrected chi connectivity index (χ2v) is 7.09. The van der Waals surface area contributed by atoms with Crippen LogP contribution in [0.15, 0.2) is 30.5 Å². The first-order valence-corrected chi connectivity index (χ1v) is 9.16. The van der Waals surface area contributed by atoms with Crippen molar-refractivity contribution in [1.82, 2.24) is 20.3 Å². The van der Waals surface area contributed by atoms with Gasteiger partial charge in [0, 0.05) is 30.4 Å². The summed E-state index contributed by atoms with van der Waals surface area (Å²) in [6.07, 6.45) is 6.07. The number of rotatable bonds is 2. The molecular weight excluding hydrogens is 324 g/mol. The number of nitrogens with one attached hydrogen (secondary N) is 2. The van der Waals surface area contributed by atoms with E-state index >= 15 is 0 Å². The number of hydrogen-bond acceptors (Lipinski definition) is 3. The van der Waals surface area contributed by atoms with E-state index in [2.05, 4.69) is 34.3 Å². The molecule has 5 heteroatoms. The van der Waals surface area contributed by atoms with Gasteiger partial charge in [-0.2, -0.15) is 0 Å². The second-order valence-electron chi connectivity index (χ2n) is 7.09. The van der Waals surface area contributed by atoms with Gasteiger partial charge >= 0.3 is 0 Å². The van der Waals surface area contributed by atoms with Crippen molar-refractivity contribution in [2.45, 2.75) is 32.6 Å².